The lowest BCUT2D eigenvalue weighted by Gasteiger charge is -2.19. The topological polar surface area (TPSA) is 44.9 Å². The first-order valence-corrected chi connectivity index (χ1v) is 5.31. The normalized spacial score (nSPS) is 12.2. The number of nitrogens with zero attached hydrogens (tertiary/aromatic N) is 3. The molecule has 0 aliphatic rings. The van der Waals surface area contributed by atoms with E-state index in [2.05, 4.69) is 42.7 Å². The quantitative estimate of drug-likeness (QED) is 0.388. The molecule has 0 aromatic heterocycles. The highest BCUT2D eigenvalue weighted by atomic mass is 15.2. The maximum atomic E-state index is 5.82. The Balaban J connectivity index is 3.75. The van der Waals surface area contributed by atoms with Gasteiger partial charge in [-0.1, -0.05) is 0 Å². The lowest BCUT2D eigenvalue weighted by molar-refractivity contribution is 0.401. The zero-order valence-corrected chi connectivity index (χ0v) is 9.95. The Labute approximate surface area is 87.8 Å². The van der Waals surface area contributed by atoms with Crippen LogP contribution < -0.4 is 5.73 Å². The standard InChI is InChI=1S/C10H24N4/c1-5-14(6-2)10(11)12-8-7-9-13(3)4/h5-9H2,1-4H3,(H2,11,12). The molecule has 0 radical (unpaired) electrons. The Kier molecular flexibility index (Phi) is 7.20. The third kappa shape index (κ3) is 5.80. The summed E-state index contributed by atoms with van der Waals surface area (Å²) in [5, 5.41) is 0. The van der Waals surface area contributed by atoms with E-state index in [1.807, 2.05) is 0 Å². The molecule has 0 fully saturated rings. The van der Waals surface area contributed by atoms with Crippen LogP contribution in [0.25, 0.3) is 0 Å². The molecule has 0 saturated carbocycles. The summed E-state index contributed by atoms with van der Waals surface area (Å²) >= 11 is 0. The van der Waals surface area contributed by atoms with Gasteiger partial charge in [-0.15, -0.1) is 0 Å². The van der Waals surface area contributed by atoms with E-state index in [0.717, 1.165) is 32.6 Å². The van der Waals surface area contributed by atoms with Crippen LogP contribution in [0.4, 0.5) is 0 Å². The predicted molar refractivity (Wildman–Crippen MR) is 62.6 cm³/mol. The van der Waals surface area contributed by atoms with Crippen LogP contribution in [0.2, 0.25) is 0 Å². The molecule has 4 heteroatoms. The van der Waals surface area contributed by atoms with E-state index in [-0.39, 0.29) is 0 Å². The molecule has 14 heavy (non-hydrogen) atoms. The fourth-order valence-electron chi connectivity index (χ4n) is 1.23. The molecule has 0 bridgehead atoms. The van der Waals surface area contributed by atoms with Crippen molar-refractivity contribution >= 4 is 5.96 Å². The summed E-state index contributed by atoms with van der Waals surface area (Å²) in [6.45, 7) is 7.92. The third-order valence-electron chi connectivity index (χ3n) is 2.12. The van der Waals surface area contributed by atoms with E-state index in [4.69, 9.17) is 5.73 Å². The van der Waals surface area contributed by atoms with Gasteiger partial charge in [0.15, 0.2) is 5.96 Å². The number of nitrogens with two attached hydrogens (primary N) is 1. The predicted octanol–water partition coefficient (Wildman–Crippen LogP) is 0.595. The zero-order chi connectivity index (χ0) is 11.0. The molecule has 0 heterocycles. The SMILES string of the molecule is CCN(CC)C(N)=NCCCN(C)C. The van der Waals surface area contributed by atoms with Gasteiger partial charge in [0.1, 0.15) is 0 Å². The van der Waals surface area contributed by atoms with Gasteiger partial charge in [0.25, 0.3) is 0 Å². The molecular weight excluding hydrogens is 176 g/mol. The maximum Gasteiger partial charge on any atom is 0.191 e. The second kappa shape index (κ2) is 7.62. The molecule has 0 saturated heterocycles. The molecule has 0 rings (SSSR count). The van der Waals surface area contributed by atoms with Gasteiger partial charge >= 0.3 is 0 Å². The van der Waals surface area contributed by atoms with Gasteiger partial charge in [0.05, 0.1) is 0 Å². The van der Waals surface area contributed by atoms with Gasteiger partial charge in [-0.3, -0.25) is 4.99 Å². The largest absolute Gasteiger partial charge is 0.370 e. The number of hydrogen-bond donors (Lipinski definition) is 1. The minimum absolute atomic E-state index is 0.675. The molecule has 0 aromatic rings. The third-order valence-corrected chi connectivity index (χ3v) is 2.12. The number of guanidine groups is 1. The first-order valence-electron chi connectivity index (χ1n) is 5.31. The average Bonchev–Trinajstić information content (AvgIpc) is 2.14. The Hall–Kier alpha value is -0.770. The molecule has 0 aliphatic heterocycles. The molecule has 0 aromatic carbocycles. The van der Waals surface area contributed by atoms with Crippen LogP contribution in [-0.2, 0) is 0 Å². The Morgan fingerprint density at radius 1 is 1.21 bits per heavy atom. The molecule has 0 amide bonds. The molecule has 0 atom stereocenters. The molecule has 0 spiro atoms. The van der Waals surface area contributed by atoms with E-state index in [0.29, 0.717) is 5.96 Å². The summed E-state index contributed by atoms with van der Waals surface area (Å²) in [5.41, 5.74) is 5.82. The summed E-state index contributed by atoms with van der Waals surface area (Å²) in [5.74, 6) is 0.675. The first kappa shape index (κ1) is 13.2. The van der Waals surface area contributed by atoms with Crippen LogP contribution in [0.5, 0.6) is 0 Å². The zero-order valence-electron chi connectivity index (χ0n) is 9.95. The number of hydrogen-bond acceptors (Lipinski definition) is 2. The van der Waals surface area contributed by atoms with Crippen molar-refractivity contribution in [2.24, 2.45) is 10.7 Å². The number of aliphatic imine (C=N–C) groups is 1. The van der Waals surface area contributed by atoms with Crippen molar-refractivity contribution in [2.75, 3.05) is 40.3 Å². The summed E-state index contributed by atoms with van der Waals surface area (Å²) in [7, 11) is 4.13. The molecule has 4 nitrogen and oxygen atoms in total. The average molecular weight is 200 g/mol. The van der Waals surface area contributed by atoms with E-state index >= 15 is 0 Å². The fourth-order valence-corrected chi connectivity index (χ4v) is 1.23. The van der Waals surface area contributed by atoms with Gasteiger partial charge in [-0.25, -0.2) is 0 Å². The van der Waals surface area contributed by atoms with Crippen molar-refractivity contribution in [2.45, 2.75) is 20.3 Å². The Bertz CT molecular complexity index is 162. The van der Waals surface area contributed by atoms with Gasteiger partial charge in [0.2, 0.25) is 0 Å². The maximum absolute atomic E-state index is 5.82. The Morgan fingerprint density at radius 2 is 1.79 bits per heavy atom. The summed E-state index contributed by atoms with van der Waals surface area (Å²) in [6.07, 6.45) is 1.06. The van der Waals surface area contributed by atoms with Crippen molar-refractivity contribution in [3.8, 4) is 0 Å². The van der Waals surface area contributed by atoms with E-state index in [1.165, 1.54) is 0 Å². The summed E-state index contributed by atoms with van der Waals surface area (Å²) < 4.78 is 0. The van der Waals surface area contributed by atoms with Crippen LogP contribution in [0.3, 0.4) is 0 Å². The summed E-state index contributed by atoms with van der Waals surface area (Å²) in [4.78, 5) is 8.55. The lowest BCUT2D eigenvalue weighted by atomic mass is 10.4. The van der Waals surface area contributed by atoms with E-state index in [9.17, 15) is 0 Å². The van der Waals surface area contributed by atoms with Gasteiger partial charge < -0.3 is 15.5 Å². The first-order chi connectivity index (χ1) is 6.61. The van der Waals surface area contributed by atoms with Crippen molar-refractivity contribution in [1.29, 1.82) is 0 Å². The highest BCUT2D eigenvalue weighted by molar-refractivity contribution is 5.77. The van der Waals surface area contributed by atoms with Crippen molar-refractivity contribution in [3.63, 3.8) is 0 Å². The second-order valence-corrected chi connectivity index (χ2v) is 3.57. The molecule has 0 aliphatic carbocycles. The van der Waals surface area contributed by atoms with Crippen LogP contribution in [0, 0.1) is 0 Å². The summed E-state index contributed by atoms with van der Waals surface area (Å²) in [6, 6.07) is 0. The molecular formula is C10H24N4. The van der Waals surface area contributed by atoms with Crippen molar-refractivity contribution in [1.82, 2.24) is 9.80 Å². The van der Waals surface area contributed by atoms with Crippen LogP contribution >= 0.6 is 0 Å². The van der Waals surface area contributed by atoms with Gasteiger partial charge in [-0.2, -0.15) is 0 Å². The van der Waals surface area contributed by atoms with Crippen LogP contribution in [0.1, 0.15) is 20.3 Å². The molecule has 0 unspecified atom stereocenters. The highest BCUT2D eigenvalue weighted by Gasteiger charge is 2.00. The second-order valence-electron chi connectivity index (χ2n) is 3.57. The highest BCUT2D eigenvalue weighted by Crippen LogP contribution is 1.89. The van der Waals surface area contributed by atoms with Crippen molar-refractivity contribution < 1.29 is 0 Å². The van der Waals surface area contributed by atoms with E-state index < -0.39 is 0 Å². The molecule has 2 N–H and O–H groups in total. The smallest absolute Gasteiger partial charge is 0.191 e. The minimum atomic E-state index is 0.675. The van der Waals surface area contributed by atoms with Gasteiger partial charge in [-0.05, 0) is 40.9 Å². The minimum Gasteiger partial charge on any atom is -0.370 e. The van der Waals surface area contributed by atoms with E-state index in [1.54, 1.807) is 0 Å². The van der Waals surface area contributed by atoms with Crippen LogP contribution in [-0.4, -0.2) is 56.0 Å². The molecule has 84 valence electrons. The van der Waals surface area contributed by atoms with Gasteiger partial charge in [0, 0.05) is 19.6 Å². The number of rotatable bonds is 6. The fraction of sp³-hybridized carbons (Fsp3) is 0.900. The van der Waals surface area contributed by atoms with Crippen LogP contribution in [0.15, 0.2) is 4.99 Å². The monoisotopic (exact) mass is 200 g/mol. The van der Waals surface area contributed by atoms with Crippen molar-refractivity contribution in [3.05, 3.63) is 0 Å². The Morgan fingerprint density at radius 3 is 2.21 bits per heavy atom. The lowest BCUT2D eigenvalue weighted by Crippen LogP contribution is -2.37.